The van der Waals surface area contributed by atoms with Gasteiger partial charge in [-0.25, -0.2) is 0 Å². The Morgan fingerprint density at radius 3 is 2.41 bits per heavy atom. The number of amides is 2. The first-order chi connectivity index (χ1) is 13.4. The predicted molar refractivity (Wildman–Crippen MR) is 116 cm³/mol. The molecule has 0 spiro atoms. The average molecular weight is 424 g/mol. The van der Waals surface area contributed by atoms with Crippen LogP contribution in [0.5, 0.6) is 5.75 Å². The van der Waals surface area contributed by atoms with Gasteiger partial charge < -0.3 is 20.3 Å². The highest BCUT2D eigenvalue weighted by molar-refractivity contribution is 5.85. The van der Waals surface area contributed by atoms with Crippen molar-refractivity contribution in [3.05, 3.63) is 29.3 Å². The molecule has 2 N–H and O–H groups in total. The Balaban J connectivity index is 0.00000300. The summed E-state index contributed by atoms with van der Waals surface area (Å²) >= 11 is 0. The Hall–Kier alpha value is -1.79. The smallest absolute Gasteiger partial charge is 0.263 e. The van der Waals surface area contributed by atoms with Gasteiger partial charge in [0.15, 0.2) is 6.10 Å². The van der Waals surface area contributed by atoms with E-state index in [1.165, 1.54) is 5.56 Å². The molecule has 2 aliphatic rings. The number of carbonyl (C=O) groups excluding carboxylic acids is 2. The monoisotopic (exact) mass is 423 g/mol. The van der Waals surface area contributed by atoms with Crippen LogP contribution >= 0.6 is 12.4 Å². The Labute approximate surface area is 180 Å². The zero-order valence-corrected chi connectivity index (χ0v) is 18.5. The maximum Gasteiger partial charge on any atom is 0.263 e. The van der Waals surface area contributed by atoms with Crippen molar-refractivity contribution >= 4 is 24.2 Å². The predicted octanol–water partition coefficient (Wildman–Crippen LogP) is 2.54. The minimum absolute atomic E-state index is 0. The summed E-state index contributed by atoms with van der Waals surface area (Å²) in [5.74, 6) is 1.33. The third-order valence-electron chi connectivity index (χ3n) is 6.16. The van der Waals surface area contributed by atoms with Crippen LogP contribution in [0.1, 0.15) is 37.3 Å². The van der Waals surface area contributed by atoms with E-state index in [-0.39, 0.29) is 30.1 Å². The minimum Gasteiger partial charge on any atom is -0.481 e. The van der Waals surface area contributed by atoms with Gasteiger partial charge in [-0.05, 0) is 57.7 Å². The van der Waals surface area contributed by atoms with Gasteiger partial charge in [0.05, 0.1) is 0 Å². The van der Waals surface area contributed by atoms with Crippen LogP contribution in [-0.4, -0.2) is 60.4 Å². The molecule has 2 fully saturated rings. The molecule has 2 amide bonds. The molecule has 1 aliphatic heterocycles. The van der Waals surface area contributed by atoms with E-state index in [0.717, 1.165) is 30.6 Å². The first kappa shape index (κ1) is 23.5. The number of piperazine rings is 1. The standard InChI is InChI=1S/C22H33N3O3.ClH/c1-15-7-8-20(16(2)13-15)28-17(3)21(26)24-9-11-25(12-10-24)22(27)19-6-4-5-18(19)14-23;/h7-8,13,17-19H,4-6,9-12,14,23H2,1-3H3;1H/t17?,18-,19-;/m1./s1. The van der Waals surface area contributed by atoms with Crippen LogP contribution in [0, 0.1) is 25.7 Å². The zero-order valence-electron chi connectivity index (χ0n) is 17.7. The SMILES string of the molecule is Cc1ccc(OC(C)C(=O)N2CCN(C(=O)[C@@H]3CCC[C@@H]3CN)CC2)c(C)c1.Cl. The quantitative estimate of drug-likeness (QED) is 0.789. The van der Waals surface area contributed by atoms with Gasteiger partial charge in [0.1, 0.15) is 5.75 Å². The lowest BCUT2D eigenvalue weighted by molar-refractivity contribution is -0.145. The van der Waals surface area contributed by atoms with Crippen LogP contribution in [-0.2, 0) is 9.59 Å². The molecule has 29 heavy (non-hydrogen) atoms. The molecule has 3 rings (SSSR count). The molecule has 1 saturated heterocycles. The van der Waals surface area contributed by atoms with Crippen molar-refractivity contribution in [1.82, 2.24) is 9.80 Å². The molecule has 1 heterocycles. The fourth-order valence-corrected chi connectivity index (χ4v) is 4.46. The van der Waals surface area contributed by atoms with E-state index in [4.69, 9.17) is 10.5 Å². The third kappa shape index (κ3) is 5.43. The fraction of sp³-hybridized carbons (Fsp3) is 0.636. The molecule has 3 atom stereocenters. The molecule has 1 aromatic carbocycles. The second kappa shape index (κ2) is 10.3. The first-order valence-electron chi connectivity index (χ1n) is 10.4. The molecule has 0 aromatic heterocycles. The maximum absolute atomic E-state index is 12.8. The van der Waals surface area contributed by atoms with Crippen LogP contribution in [0.2, 0.25) is 0 Å². The number of nitrogens with two attached hydrogens (primary N) is 1. The van der Waals surface area contributed by atoms with Gasteiger partial charge >= 0.3 is 0 Å². The van der Waals surface area contributed by atoms with Crippen LogP contribution < -0.4 is 10.5 Å². The van der Waals surface area contributed by atoms with Crippen LogP contribution in [0.3, 0.4) is 0 Å². The van der Waals surface area contributed by atoms with Gasteiger partial charge in [-0.15, -0.1) is 12.4 Å². The Morgan fingerprint density at radius 2 is 1.79 bits per heavy atom. The molecule has 1 saturated carbocycles. The van der Waals surface area contributed by atoms with Gasteiger partial charge in [0.25, 0.3) is 5.91 Å². The molecule has 0 radical (unpaired) electrons. The molecule has 1 aromatic rings. The van der Waals surface area contributed by atoms with E-state index < -0.39 is 6.10 Å². The topological polar surface area (TPSA) is 75.9 Å². The molecular formula is C22H34ClN3O3. The minimum atomic E-state index is -0.542. The lowest BCUT2D eigenvalue weighted by Gasteiger charge is -2.37. The lowest BCUT2D eigenvalue weighted by atomic mass is 9.94. The number of hydrogen-bond donors (Lipinski definition) is 1. The summed E-state index contributed by atoms with van der Waals surface area (Å²) in [4.78, 5) is 29.3. The molecule has 7 heteroatoms. The number of halogens is 1. The zero-order chi connectivity index (χ0) is 20.3. The summed E-state index contributed by atoms with van der Waals surface area (Å²) in [6, 6.07) is 5.95. The van der Waals surface area contributed by atoms with Gasteiger partial charge in [-0.2, -0.15) is 0 Å². The normalized spacial score (nSPS) is 22.8. The van der Waals surface area contributed by atoms with Crippen molar-refractivity contribution in [3.8, 4) is 5.75 Å². The van der Waals surface area contributed by atoms with Crippen molar-refractivity contribution in [1.29, 1.82) is 0 Å². The van der Waals surface area contributed by atoms with Gasteiger partial charge in [0.2, 0.25) is 5.91 Å². The number of carbonyl (C=O) groups is 2. The summed E-state index contributed by atoms with van der Waals surface area (Å²) in [5, 5.41) is 0. The summed E-state index contributed by atoms with van der Waals surface area (Å²) in [6.45, 7) is 8.71. The number of rotatable bonds is 5. The second-order valence-corrected chi connectivity index (χ2v) is 8.21. The summed E-state index contributed by atoms with van der Waals surface area (Å²) in [6.07, 6.45) is 2.55. The molecular weight excluding hydrogens is 390 g/mol. The Kier molecular flexibility index (Phi) is 8.34. The van der Waals surface area contributed by atoms with E-state index in [9.17, 15) is 9.59 Å². The summed E-state index contributed by atoms with van der Waals surface area (Å²) in [7, 11) is 0. The van der Waals surface area contributed by atoms with Crippen molar-refractivity contribution in [2.45, 2.75) is 46.1 Å². The summed E-state index contributed by atoms with van der Waals surface area (Å²) < 4.78 is 5.91. The largest absolute Gasteiger partial charge is 0.481 e. The Bertz CT molecular complexity index is 719. The van der Waals surface area contributed by atoms with Crippen molar-refractivity contribution < 1.29 is 14.3 Å². The van der Waals surface area contributed by atoms with Crippen LogP contribution in [0.15, 0.2) is 18.2 Å². The van der Waals surface area contributed by atoms with Crippen LogP contribution in [0.4, 0.5) is 0 Å². The van der Waals surface area contributed by atoms with Gasteiger partial charge in [0, 0.05) is 32.1 Å². The number of aryl methyl sites for hydroxylation is 2. The molecule has 1 aliphatic carbocycles. The first-order valence-corrected chi connectivity index (χ1v) is 10.4. The molecule has 1 unspecified atom stereocenters. The van der Waals surface area contributed by atoms with E-state index in [1.807, 2.05) is 35.8 Å². The Morgan fingerprint density at radius 1 is 1.14 bits per heavy atom. The number of nitrogens with zero attached hydrogens (tertiary/aromatic N) is 2. The second-order valence-electron chi connectivity index (χ2n) is 8.21. The van der Waals surface area contributed by atoms with Gasteiger partial charge in [-0.1, -0.05) is 24.1 Å². The van der Waals surface area contributed by atoms with E-state index in [2.05, 4.69) is 6.07 Å². The number of benzene rings is 1. The highest BCUT2D eigenvalue weighted by atomic mass is 35.5. The van der Waals surface area contributed by atoms with Gasteiger partial charge in [-0.3, -0.25) is 9.59 Å². The number of hydrogen-bond acceptors (Lipinski definition) is 4. The molecule has 162 valence electrons. The van der Waals surface area contributed by atoms with E-state index in [0.29, 0.717) is 38.6 Å². The molecule has 0 bridgehead atoms. The van der Waals surface area contributed by atoms with Crippen LogP contribution in [0.25, 0.3) is 0 Å². The van der Waals surface area contributed by atoms with E-state index >= 15 is 0 Å². The lowest BCUT2D eigenvalue weighted by Crippen LogP contribution is -2.54. The summed E-state index contributed by atoms with van der Waals surface area (Å²) in [5.41, 5.74) is 8.03. The highest BCUT2D eigenvalue weighted by Gasteiger charge is 2.36. The maximum atomic E-state index is 12.8. The van der Waals surface area contributed by atoms with E-state index in [1.54, 1.807) is 6.92 Å². The van der Waals surface area contributed by atoms with Crippen molar-refractivity contribution in [2.24, 2.45) is 17.6 Å². The third-order valence-corrected chi connectivity index (χ3v) is 6.16. The van der Waals surface area contributed by atoms with Crippen molar-refractivity contribution in [2.75, 3.05) is 32.7 Å². The highest BCUT2D eigenvalue weighted by Crippen LogP contribution is 2.32. The van der Waals surface area contributed by atoms with Crippen molar-refractivity contribution in [3.63, 3.8) is 0 Å². The molecule has 6 nitrogen and oxygen atoms in total. The number of ether oxygens (including phenoxy) is 1. The fourth-order valence-electron chi connectivity index (χ4n) is 4.46. The average Bonchev–Trinajstić information content (AvgIpc) is 3.18.